The van der Waals surface area contributed by atoms with Gasteiger partial charge in [-0.25, -0.2) is 9.97 Å². The predicted molar refractivity (Wildman–Crippen MR) is 171 cm³/mol. The number of aromatic nitrogens is 4. The van der Waals surface area contributed by atoms with E-state index in [9.17, 15) is 0 Å². The molecule has 5 heterocycles. The first kappa shape index (κ1) is 33.9. The van der Waals surface area contributed by atoms with Crippen LogP contribution in [-0.2, 0) is 42.8 Å². The number of allylic oxidation sites excluding steroid dienone is 4. The van der Waals surface area contributed by atoms with Gasteiger partial charge >= 0.3 is 0 Å². The van der Waals surface area contributed by atoms with Crippen molar-refractivity contribution in [2.45, 2.75) is 107 Å². The van der Waals surface area contributed by atoms with Crippen molar-refractivity contribution in [2.75, 3.05) is 0 Å². The van der Waals surface area contributed by atoms with Gasteiger partial charge in [-0.05, 0) is 79.7 Å². The number of hydrogen-bond acceptors (Lipinski definition) is 2. The monoisotopic (exact) mass is 623 g/mol. The minimum Gasteiger partial charge on any atom is -1.00 e. The van der Waals surface area contributed by atoms with Crippen LogP contribution >= 0.6 is 0 Å². The Morgan fingerprint density at radius 1 is 0.405 bits per heavy atom. The number of aryl methyl sites for hydroxylation is 4. The molecule has 4 nitrogen and oxygen atoms in total. The standard InChI is InChI=1S/C36H44N4.ClH.Fe/c1-9-21-22(10-2)30-18-32-25(13-5)26(14-6)34(39-32)20-36-28(16-8)27(15-7)35(40-36)19-33-24(12-4)23(11-3)31(38-33)17-29(21)37-30;;/h17-20H,9-16H2,1-8H3;1H;/q-2;;/p-1. The van der Waals surface area contributed by atoms with Crippen molar-refractivity contribution in [1.29, 1.82) is 0 Å². The van der Waals surface area contributed by atoms with E-state index in [4.69, 9.17) is 19.9 Å². The van der Waals surface area contributed by atoms with Crippen LogP contribution in [0.1, 0.15) is 126 Å². The average Bonchev–Trinajstić information content (AvgIpc) is 3.67. The second-order valence-corrected chi connectivity index (χ2v) is 10.8. The Morgan fingerprint density at radius 3 is 0.929 bits per heavy atom. The van der Waals surface area contributed by atoms with Gasteiger partial charge in [-0.2, -0.15) is 0 Å². The van der Waals surface area contributed by atoms with Crippen LogP contribution in [0, 0.1) is 0 Å². The molecule has 2 aliphatic rings. The molecule has 42 heavy (non-hydrogen) atoms. The van der Waals surface area contributed by atoms with Crippen molar-refractivity contribution in [3.05, 3.63) is 69.3 Å². The summed E-state index contributed by atoms with van der Waals surface area (Å²) in [6.45, 7) is 17.9. The quantitative estimate of drug-likeness (QED) is 0.277. The van der Waals surface area contributed by atoms with Gasteiger partial charge in [0, 0.05) is 17.1 Å². The van der Waals surface area contributed by atoms with Crippen LogP contribution in [0.5, 0.6) is 0 Å². The molecule has 2 aliphatic heterocycles. The molecule has 0 aliphatic carbocycles. The van der Waals surface area contributed by atoms with E-state index >= 15 is 0 Å². The maximum Gasteiger partial charge on any atom is 0.0694 e. The Morgan fingerprint density at radius 2 is 0.667 bits per heavy atom. The van der Waals surface area contributed by atoms with Crippen LogP contribution in [-0.4, -0.2) is 9.97 Å². The molecule has 3 aromatic rings. The normalized spacial score (nSPS) is 13.0. The van der Waals surface area contributed by atoms with Crippen LogP contribution in [0.25, 0.3) is 44.4 Å². The Hall–Kier alpha value is -2.59. The topological polar surface area (TPSA) is 54.0 Å². The Bertz CT molecular complexity index is 1570. The molecule has 0 saturated heterocycles. The molecule has 0 aromatic carbocycles. The molecular formula is C36H44ClFeN4-3. The molecule has 0 amide bonds. The van der Waals surface area contributed by atoms with Crippen molar-refractivity contribution in [3.63, 3.8) is 0 Å². The van der Waals surface area contributed by atoms with Crippen LogP contribution in [0.15, 0.2) is 24.3 Å². The predicted octanol–water partition coefficient (Wildman–Crippen LogP) is 6.29. The Balaban J connectivity index is 0.00000242. The zero-order valence-electron chi connectivity index (χ0n) is 26.5. The molecule has 0 unspecified atom stereocenters. The summed E-state index contributed by atoms with van der Waals surface area (Å²) < 4.78 is 0. The van der Waals surface area contributed by atoms with Gasteiger partial charge in [0.1, 0.15) is 0 Å². The number of hydrogen-bond donors (Lipinski definition) is 0. The van der Waals surface area contributed by atoms with Crippen molar-refractivity contribution in [1.82, 2.24) is 19.9 Å². The molecule has 0 spiro atoms. The van der Waals surface area contributed by atoms with Gasteiger partial charge in [0.15, 0.2) is 0 Å². The van der Waals surface area contributed by atoms with E-state index in [0.29, 0.717) is 0 Å². The van der Waals surface area contributed by atoms with Crippen LogP contribution in [0.4, 0.5) is 0 Å². The Kier molecular flexibility index (Phi) is 11.5. The first-order valence-electron chi connectivity index (χ1n) is 15.6. The largest absolute Gasteiger partial charge is 1.00 e. The maximum atomic E-state index is 5.25. The van der Waals surface area contributed by atoms with Gasteiger partial charge in [-0.15, -0.1) is 22.1 Å². The van der Waals surface area contributed by atoms with Gasteiger partial charge in [0.25, 0.3) is 0 Å². The Labute approximate surface area is 268 Å². The van der Waals surface area contributed by atoms with E-state index in [2.05, 4.69) is 79.7 Å². The van der Waals surface area contributed by atoms with E-state index in [-0.39, 0.29) is 29.5 Å². The average molecular weight is 624 g/mol. The molecule has 226 valence electrons. The van der Waals surface area contributed by atoms with Crippen LogP contribution in [0.3, 0.4) is 0 Å². The van der Waals surface area contributed by atoms with Gasteiger partial charge in [-0.3, -0.25) is 0 Å². The third-order valence-electron chi connectivity index (χ3n) is 8.82. The molecule has 0 N–H and O–H groups in total. The number of rotatable bonds is 8. The van der Waals surface area contributed by atoms with Gasteiger partial charge in [0.2, 0.25) is 0 Å². The van der Waals surface area contributed by atoms with E-state index in [1.54, 1.807) is 0 Å². The van der Waals surface area contributed by atoms with E-state index in [0.717, 1.165) is 96.2 Å². The molecule has 3 aromatic heterocycles. The summed E-state index contributed by atoms with van der Waals surface area (Å²) >= 11 is 0. The van der Waals surface area contributed by atoms with E-state index < -0.39 is 0 Å². The fourth-order valence-electron chi connectivity index (χ4n) is 6.92. The molecule has 0 saturated carbocycles. The van der Waals surface area contributed by atoms with Crippen molar-refractivity contribution in [3.8, 4) is 0 Å². The van der Waals surface area contributed by atoms with Crippen molar-refractivity contribution >= 4 is 44.4 Å². The summed E-state index contributed by atoms with van der Waals surface area (Å²) in [6, 6.07) is 8.98. The SMILES string of the molecule is CCC1=C(CC)c2cc3[n-]c(cc4[n-]c(cc5nc(cc1n2)C(CC)=C5CC)c(CC)c4CC)c(CC)c3CC.[Cl-].[Fe]. The second kappa shape index (κ2) is 14.3. The second-order valence-electron chi connectivity index (χ2n) is 10.8. The van der Waals surface area contributed by atoms with E-state index in [1.807, 2.05) is 0 Å². The number of nitrogens with zero attached hydrogens (tertiary/aromatic N) is 4. The summed E-state index contributed by atoms with van der Waals surface area (Å²) in [5.74, 6) is 0. The molecule has 6 heteroatoms. The summed E-state index contributed by atoms with van der Waals surface area (Å²) in [5, 5.41) is 0. The summed E-state index contributed by atoms with van der Waals surface area (Å²) in [4.78, 5) is 21.0. The summed E-state index contributed by atoms with van der Waals surface area (Å²) in [7, 11) is 0. The van der Waals surface area contributed by atoms with E-state index in [1.165, 1.54) is 44.5 Å². The smallest absolute Gasteiger partial charge is 0.0694 e. The molecule has 0 fully saturated rings. The minimum absolute atomic E-state index is 0. The molecule has 0 atom stereocenters. The van der Waals surface area contributed by atoms with Crippen molar-refractivity contribution in [2.24, 2.45) is 0 Å². The maximum absolute atomic E-state index is 5.25. The zero-order chi connectivity index (χ0) is 28.6. The molecule has 8 bridgehead atoms. The number of halogens is 1. The summed E-state index contributed by atoms with van der Waals surface area (Å²) in [5.41, 5.74) is 19.1. The molecular weight excluding hydrogens is 580 g/mol. The van der Waals surface area contributed by atoms with Crippen LogP contribution < -0.4 is 22.4 Å². The van der Waals surface area contributed by atoms with Gasteiger partial charge in [0.05, 0.1) is 22.8 Å². The third-order valence-corrected chi connectivity index (χ3v) is 8.82. The van der Waals surface area contributed by atoms with Gasteiger partial charge in [-0.1, -0.05) is 95.8 Å². The zero-order valence-corrected chi connectivity index (χ0v) is 28.3. The first-order valence-corrected chi connectivity index (χ1v) is 15.6. The molecule has 0 radical (unpaired) electrons. The minimum atomic E-state index is 0. The van der Waals surface area contributed by atoms with Gasteiger partial charge < -0.3 is 22.4 Å². The summed E-state index contributed by atoms with van der Waals surface area (Å²) in [6.07, 6.45) is 7.60. The molecule has 5 rings (SSSR count). The van der Waals surface area contributed by atoms with Crippen molar-refractivity contribution < 1.29 is 29.5 Å². The third kappa shape index (κ3) is 5.68. The first-order chi connectivity index (χ1) is 19.5. The van der Waals surface area contributed by atoms with Crippen LogP contribution in [0.2, 0.25) is 0 Å². The number of fused-ring (bicyclic) bond motifs is 8. The fourth-order valence-corrected chi connectivity index (χ4v) is 6.92. The fraction of sp³-hybridized carbons (Fsp3) is 0.444.